The molecule has 0 radical (unpaired) electrons. The number of rotatable bonds is 3. The number of cyclic esters (lactones) is 1. The van der Waals surface area contributed by atoms with E-state index in [1.54, 1.807) is 4.90 Å². The zero-order chi connectivity index (χ0) is 13.1. The topological polar surface area (TPSA) is 58.6 Å². The van der Waals surface area contributed by atoms with Crippen LogP contribution in [0, 0.1) is 6.92 Å². The molecule has 0 spiro atoms. The monoisotopic (exact) mass is 282 g/mol. The van der Waals surface area contributed by atoms with E-state index in [0.29, 0.717) is 13.1 Å². The van der Waals surface area contributed by atoms with Gasteiger partial charge in [0.15, 0.2) is 0 Å². The molecule has 19 heavy (non-hydrogen) atoms. The molecule has 1 atom stereocenters. The van der Waals surface area contributed by atoms with Gasteiger partial charge < -0.3 is 10.1 Å². The molecule has 0 saturated carbocycles. The smallest absolute Gasteiger partial charge is 0.414 e. The van der Waals surface area contributed by atoms with Crippen molar-refractivity contribution < 1.29 is 14.3 Å². The summed E-state index contributed by atoms with van der Waals surface area (Å²) < 4.78 is 5.18. The zero-order valence-corrected chi connectivity index (χ0v) is 12.0. The Labute approximate surface area is 119 Å². The second-order valence-corrected chi connectivity index (χ2v) is 4.39. The van der Waals surface area contributed by atoms with Gasteiger partial charge in [-0.1, -0.05) is 17.7 Å². The Morgan fingerprint density at radius 3 is 2.63 bits per heavy atom. The Morgan fingerprint density at radius 1 is 1.42 bits per heavy atom. The summed E-state index contributed by atoms with van der Waals surface area (Å²) in [6.45, 7) is 4.24. The number of carbonyl (C=O) groups excluding carboxylic acids is 2. The summed E-state index contributed by atoms with van der Waals surface area (Å²) in [7, 11) is 0. The van der Waals surface area contributed by atoms with Gasteiger partial charge in [0.1, 0.15) is 6.10 Å². The molecule has 0 bridgehead atoms. The van der Waals surface area contributed by atoms with Gasteiger partial charge in [-0.2, -0.15) is 13.5 Å². The van der Waals surface area contributed by atoms with Crippen LogP contribution in [-0.2, 0) is 9.53 Å². The molecule has 1 aliphatic rings. The highest BCUT2D eigenvalue weighted by molar-refractivity contribution is 7.59. The highest BCUT2D eigenvalue weighted by Crippen LogP contribution is 2.21. The van der Waals surface area contributed by atoms with Crippen LogP contribution < -0.4 is 10.2 Å². The van der Waals surface area contributed by atoms with Gasteiger partial charge in [0, 0.05) is 12.6 Å². The third kappa shape index (κ3) is 3.89. The van der Waals surface area contributed by atoms with E-state index in [9.17, 15) is 9.59 Å². The first-order chi connectivity index (χ1) is 8.56. The lowest BCUT2D eigenvalue weighted by Gasteiger charge is -2.13. The van der Waals surface area contributed by atoms with E-state index < -0.39 is 0 Å². The SMILES string of the molecule is CC(=O)NC[C@H]1CN(c2ccc(C)cc2)C(=O)O1.S. The minimum atomic E-state index is -0.366. The minimum absolute atomic E-state index is 0. The highest BCUT2D eigenvalue weighted by Gasteiger charge is 2.32. The maximum atomic E-state index is 11.7. The van der Waals surface area contributed by atoms with Crippen LogP contribution in [0.2, 0.25) is 0 Å². The van der Waals surface area contributed by atoms with Crippen LogP contribution in [0.4, 0.5) is 10.5 Å². The number of nitrogens with zero attached hydrogens (tertiary/aromatic N) is 1. The van der Waals surface area contributed by atoms with Gasteiger partial charge >= 0.3 is 6.09 Å². The lowest BCUT2D eigenvalue weighted by atomic mass is 10.2. The van der Waals surface area contributed by atoms with Crippen molar-refractivity contribution >= 4 is 31.2 Å². The summed E-state index contributed by atoms with van der Waals surface area (Å²) >= 11 is 0. The van der Waals surface area contributed by atoms with Crippen molar-refractivity contribution in [2.45, 2.75) is 20.0 Å². The van der Waals surface area contributed by atoms with Crippen molar-refractivity contribution in [3.8, 4) is 0 Å². The number of benzene rings is 1. The first kappa shape index (κ1) is 15.4. The van der Waals surface area contributed by atoms with Gasteiger partial charge in [-0.05, 0) is 19.1 Å². The number of hydrogen-bond acceptors (Lipinski definition) is 3. The van der Waals surface area contributed by atoms with E-state index in [4.69, 9.17) is 4.74 Å². The number of aryl methyl sites for hydroxylation is 1. The minimum Gasteiger partial charge on any atom is -0.442 e. The molecule has 1 fully saturated rings. The molecule has 6 heteroatoms. The van der Waals surface area contributed by atoms with Crippen LogP contribution in [0.5, 0.6) is 0 Å². The molecular weight excluding hydrogens is 264 g/mol. The molecule has 2 amide bonds. The third-order valence-corrected chi connectivity index (χ3v) is 2.80. The van der Waals surface area contributed by atoms with E-state index in [2.05, 4.69) is 5.32 Å². The number of anilines is 1. The fourth-order valence-corrected chi connectivity index (χ4v) is 1.82. The Bertz CT molecular complexity index is 461. The maximum Gasteiger partial charge on any atom is 0.414 e. The molecule has 1 N–H and O–H groups in total. The van der Waals surface area contributed by atoms with Gasteiger partial charge in [-0.3, -0.25) is 9.69 Å². The number of carbonyl (C=O) groups is 2. The van der Waals surface area contributed by atoms with Gasteiger partial charge in [0.2, 0.25) is 5.91 Å². The average Bonchev–Trinajstić information content (AvgIpc) is 2.69. The molecule has 104 valence electrons. The summed E-state index contributed by atoms with van der Waals surface area (Å²) in [5.41, 5.74) is 1.96. The Balaban J connectivity index is 0.00000180. The molecule has 0 aliphatic carbocycles. The van der Waals surface area contributed by atoms with Crippen LogP contribution in [-0.4, -0.2) is 31.2 Å². The normalized spacial score (nSPS) is 17.7. The molecule has 1 aromatic rings. The standard InChI is InChI=1S/C13H16N2O3.H2S/c1-9-3-5-11(6-4-9)15-8-12(18-13(15)17)7-14-10(2)16;/h3-6,12H,7-8H2,1-2H3,(H,14,16);1H2/t12-;/m0./s1. The Morgan fingerprint density at radius 2 is 2.05 bits per heavy atom. The summed E-state index contributed by atoms with van der Waals surface area (Å²) in [4.78, 5) is 24.1. The molecule has 1 saturated heterocycles. The molecule has 1 aliphatic heterocycles. The molecule has 0 aromatic heterocycles. The number of hydrogen-bond donors (Lipinski definition) is 1. The highest BCUT2D eigenvalue weighted by atomic mass is 32.1. The second kappa shape index (κ2) is 6.47. The quantitative estimate of drug-likeness (QED) is 0.915. The van der Waals surface area contributed by atoms with Crippen LogP contribution in [0.3, 0.4) is 0 Å². The van der Waals surface area contributed by atoms with E-state index in [1.165, 1.54) is 6.92 Å². The van der Waals surface area contributed by atoms with Crippen LogP contribution >= 0.6 is 13.5 Å². The lowest BCUT2D eigenvalue weighted by molar-refractivity contribution is -0.119. The van der Waals surface area contributed by atoms with Gasteiger partial charge in [0.05, 0.1) is 13.1 Å². The van der Waals surface area contributed by atoms with Crippen molar-refractivity contribution in [2.24, 2.45) is 0 Å². The predicted molar refractivity (Wildman–Crippen MR) is 77.9 cm³/mol. The molecule has 1 heterocycles. The van der Waals surface area contributed by atoms with Crippen LogP contribution in [0.1, 0.15) is 12.5 Å². The van der Waals surface area contributed by atoms with E-state index in [0.717, 1.165) is 11.3 Å². The first-order valence-electron chi connectivity index (χ1n) is 5.85. The molecule has 2 rings (SSSR count). The lowest BCUT2D eigenvalue weighted by Crippen LogP contribution is -2.33. The van der Waals surface area contributed by atoms with Crippen LogP contribution in [0.15, 0.2) is 24.3 Å². The Kier molecular flexibility index (Phi) is 5.23. The molecule has 1 aromatic carbocycles. The Hall–Kier alpha value is -1.69. The number of nitrogens with one attached hydrogen (secondary N) is 1. The van der Waals surface area contributed by atoms with Crippen molar-refractivity contribution in [3.63, 3.8) is 0 Å². The third-order valence-electron chi connectivity index (χ3n) is 2.80. The van der Waals surface area contributed by atoms with Crippen molar-refractivity contribution in [1.29, 1.82) is 0 Å². The van der Waals surface area contributed by atoms with E-state index in [1.807, 2.05) is 31.2 Å². The van der Waals surface area contributed by atoms with Crippen molar-refractivity contribution in [1.82, 2.24) is 5.32 Å². The van der Waals surface area contributed by atoms with E-state index >= 15 is 0 Å². The second-order valence-electron chi connectivity index (χ2n) is 4.39. The fraction of sp³-hybridized carbons (Fsp3) is 0.385. The van der Waals surface area contributed by atoms with Gasteiger partial charge in [-0.15, -0.1) is 0 Å². The van der Waals surface area contributed by atoms with Crippen LogP contribution in [0.25, 0.3) is 0 Å². The van der Waals surface area contributed by atoms with Gasteiger partial charge in [-0.25, -0.2) is 4.79 Å². The number of ether oxygens (including phenoxy) is 1. The molecular formula is C13H18N2O3S. The summed E-state index contributed by atoms with van der Waals surface area (Å²) in [6, 6.07) is 7.67. The molecule has 5 nitrogen and oxygen atoms in total. The first-order valence-corrected chi connectivity index (χ1v) is 5.85. The van der Waals surface area contributed by atoms with E-state index in [-0.39, 0.29) is 31.6 Å². The maximum absolute atomic E-state index is 11.7. The largest absolute Gasteiger partial charge is 0.442 e. The summed E-state index contributed by atoms with van der Waals surface area (Å²) in [5.74, 6) is -0.125. The summed E-state index contributed by atoms with van der Waals surface area (Å²) in [6.07, 6.45) is -0.656. The van der Waals surface area contributed by atoms with Crippen molar-refractivity contribution in [2.75, 3.05) is 18.0 Å². The predicted octanol–water partition coefficient (Wildman–Crippen LogP) is 1.57. The van der Waals surface area contributed by atoms with Gasteiger partial charge in [0.25, 0.3) is 0 Å². The number of amides is 2. The molecule has 0 unspecified atom stereocenters. The zero-order valence-electron chi connectivity index (χ0n) is 11.0. The fourth-order valence-electron chi connectivity index (χ4n) is 1.82. The van der Waals surface area contributed by atoms with Crippen molar-refractivity contribution in [3.05, 3.63) is 29.8 Å². The average molecular weight is 282 g/mol. The summed E-state index contributed by atoms with van der Waals surface area (Å²) in [5, 5.41) is 2.65.